The van der Waals surface area contributed by atoms with Gasteiger partial charge in [0, 0.05) is 30.9 Å². The first-order valence-electron chi connectivity index (χ1n) is 10.9. The molecule has 2 aliphatic rings. The van der Waals surface area contributed by atoms with Gasteiger partial charge in [-0.2, -0.15) is 12.6 Å². The van der Waals surface area contributed by atoms with Gasteiger partial charge in [-0.15, -0.1) is 0 Å². The molecule has 2 aliphatic heterocycles. The van der Waals surface area contributed by atoms with E-state index in [4.69, 9.17) is 4.74 Å². The molecule has 168 valence electrons. The van der Waals surface area contributed by atoms with Crippen LogP contribution in [0.5, 0.6) is 0 Å². The van der Waals surface area contributed by atoms with Crippen LogP contribution in [0.1, 0.15) is 26.2 Å². The third kappa shape index (κ3) is 4.77. The van der Waals surface area contributed by atoms with E-state index in [2.05, 4.69) is 17.9 Å². The van der Waals surface area contributed by atoms with Gasteiger partial charge in [0.2, 0.25) is 0 Å². The molecule has 2 saturated heterocycles. The van der Waals surface area contributed by atoms with Crippen molar-refractivity contribution in [2.24, 2.45) is 5.92 Å². The number of ether oxygens (including phenoxy) is 1. The molecule has 3 atom stereocenters. The van der Waals surface area contributed by atoms with E-state index in [1.807, 2.05) is 35.2 Å². The van der Waals surface area contributed by atoms with Crippen LogP contribution >= 0.6 is 12.6 Å². The summed E-state index contributed by atoms with van der Waals surface area (Å²) in [6.45, 7) is 3.97. The number of esters is 1. The molecule has 0 aliphatic carbocycles. The van der Waals surface area contributed by atoms with Crippen LogP contribution in [-0.4, -0.2) is 62.2 Å². The third-order valence-corrected chi connectivity index (χ3v) is 8.93. The van der Waals surface area contributed by atoms with Crippen molar-refractivity contribution >= 4 is 39.2 Å². The fourth-order valence-electron chi connectivity index (χ4n) is 4.76. The molecule has 6 nitrogen and oxygen atoms in total. The number of sulfone groups is 1. The first-order chi connectivity index (χ1) is 14.9. The first kappa shape index (κ1) is 22.6. The normalized spacial score (nSPS) is 24.3. The molecule has 2 heterocycles. The van der Waals surface area contributed by atoms with E-state index < -0.39 is 15.2 Å². The molecule has 2 aromatic carbocycles. The fraction of sp³-hybridized carbons (Fsp3) is 0.522. The van der Waals surface area contributed by atoms with Crippen LogP contribution in [0.25, 0.3) is 10.8 Å². The quantitative estimate of drug-likeness (QED) is 0.508. The Morgan fingerprint density at radius 1 is 1.19 bits per heavy atom. The molecule has 0 amide bonds. The van der Waals surface area contributed by atoms with Gasteiger partial charge >= 0.3 is 5.97 Å². The SMILES string of the molecule is CCOC(=O)C1CCN(C([C@@H]2C[C@@H](S)CN2)S(=O)(=O)c2ccc3ccccc3c2)CC1. The van der Waals surface area contributed by atoms with Crippen LogP contribution in [0.4, 0.5) is 0 Å². The highest BCUT2D eigenvalue weighted by atomic mass is 32.2. The lowest BCUT2D eigenvalue weighted by molar-refractivity contribution is -0.149. The summed E-state index contributed by atoms with van der Waals surface area (Å²) in [6, 6.07) is 12.9. The summed E-state index contributed by atoms with van der Waals surface area (Å²) in [7, 11) is -3.63. The second-order valence-electron chi connectivity index (χ2n) is 8.41. The average Bonchev–Trinajstić information content (AvgIpc) is 3.19. The summed E-state index contributed by atoms with van der Waals surface area (Å²) in [6.07, 6.45) is 1.91. The molecular formula is C23H30N2O4S2. The maximum atomic E-state index is 13.9. The van der Waals surface area contributed by atoms with E-state index in [0.717, 1.165) is 10.8 Å². The molecule has 1 N–H and O–H groups in total. The second kappa shape index (κ2) is 9.48. The van der Waals surface area contributed by atoms with Crippen LogP contribution in [0.3, 0.4) is 0 Å². The Kier molecular flexibility index (Phi) is 6.91. The molecule has 0 bridgehead atoms. The number of carbonyl (C=O) groups excluding carboxylic acids is 1. The standard InChI is InChI=1S/C23H30N2O4S2/c1-2-29-23(26)17-9-11-25(12-10-17)22(21-14-19(30)15-24-21)31(27,28)20-8-7-16-5-3-4-6-18(16)13-20/h3-8,13,17,19,21-22,24,30H,2,9-12,14-15H2,1H3/t19-,21+,22?/m1/s1. The van der Waals surface area contributed by atoms with Gasteiger partial charge in [-0.1, -0.05) is 30.3 Å². The molecule has 0 saturated carbocycles. The first-order valence-corrected chi connectivity index (χ1v) is 13.0. The maximum absolute atomic E-state index is 13.9. The lowest BCUT2D eigenvalue weighted by Gasteiger charge is -2.39. The van der Waals surface area contributed by atoms with Gasteiger partial charge in [-0.05, 0) is 49.1 Å². The van der Waals surface area contributed by atoms with Crippen LogP contribution in [-0.2, 0) is 19.4 Å². The molecule has 8 heteroatoms. The third-order valence-electron chi connectivity index (χ3n) is 6.36. The van der Waals surface area contributed by atoms with Crippen molar-refractivity contribution in [2.75, 3.05) is 26.2 Å². The number of fused-ring (bicyclic) bond motifs is 1. The van der Waals surface area contributed by atoms with Gasteiger partial charge in [-0.3, -0.25) is 9.69 Å². The van der Waals surface area contributed by atoms with Crippen molar-refractivity contribution in [1.82, 2.24) is 10.2 Å². The summed E-state index contributed by atoms with van der Waals surface area (Å²) in [5.41, 5.74) is 0. The number of piperidine rings is 1. The number of likely N-dealkylation sites (tertiary alicyclic amines) is 1. The molecular weight excluding hydrogens is 432 g/mol. The lowest BCUT2D eigenvalue weighted by atomic mass is 9.96. The summed E-state index contributed by atoms with van der Waals surface area (Å²) >= 11 is 4.57. The fourth-order valence-corrected chi connectivity index (χ4v) is 7.17. The van der Waals surface area contributed by atoms with E-state index in [1.165, 1.54) is 0 Å². The van der Waals surface area contributed by atoms with E-state index in [-0.39, 0.29) is 23.2 Å². The van der Waals surface area contributed by atoms with Crippen molar-refractivity contribution in [2.45, 2.75) is 47.7 Å². The second-order valence-corrected chi connectivity index (χ2v) is 11.2. The Labute approximate surface area is 189 Å². The van der Waals surface area contributed by atoms with Gasteiger partial charge in [0.1, 0.15) is 5.37 Å². The molecule has 1 unspecified atom stereocenters. The lowest BCUT2D eigenvalue weighted by Crippen LogP contribution is -2.54. The highest BCUT2D eigenvalue weighted by Gasteiger charge is 2.43. The Balaban J connectivity index is 1.62. The van der Waals surface area contributed by atoms with E-state index >= 15 is 0 Å². The van der Waals surface area contributed by atoms with Gasteiger partial charge in [0.05, 0.1) is 17.4 Å². The number of carbonyl (C=O) groups is 1. The number of hydrogen-bond donors (Lipinski definition) is 2. The smallest absolute Gasteiger partial charge is 0.309 e. The Hall–Kier alpha value is -1.61. The van der Waals surface area contributed by atoms with Gasteiger partial charge < -0.3 is 10.1 Å². The predicted octanol–water partition coefficient (Wildman–Crippen LogP) is 2.88. The largest absolute Gasteiger partial charge is 0.466 e. The molecule has 0 radical (unpaired) electrons. The highest BCUT2D eigenvalue weighted by Crippen LogP contribution is 2.32. The number of rotatable bonds is 6. The van der Waals surface area contributed by atoms with Crippen LogP contribution in [0, 0.1) is 5.92 Å². The highest BCUT2D eigenvalue weighted by molar-refractivity contribution is 7.92. The van der Waals surface area contributed by atoms with E-state index in [1.54, 1.807) is 19.1 Å². The van der Waals surface area contributed by atoms with E-state index in [9.17, 15) is 13.2 Å². The summed E-state index contributed by atoms with van der Waals surface area (Å²) < 4.78 is 32.9. The summed E-state index contributed by atoms with van der Waals surface area (Å²) in [5.74, 6) is -0.333. The number of benzene rings is 2. The van der Waals surface area contributed by atoms with Crippen molar-refractivity contribution in [3.05, 3.63) is 42.5 Å². The average molecular weight is 463 g/mol. The van der Waals surface area contributed by atoms with Crippen LogP contribution < -0.4 is 5.32 Å². The van der Waals surface area contributed by atoms with Crippen LogP contribution in [0.2, 0.25) is 0 Å². The molecule has 0 spiro atoms. The minimum absolute atomic E-state index is 0.136. The zero-order valence-electron chi connectivity index (χ0n) is 17.7. The zero-order valence-corrected chi connectivity index (χ0v) is 19.4. The zero-order chi connectivity index (χ0) is 22.0. The van der Waals surface area contributed by atoms with Gasteiger partial charge in [0.25, 0.3) is 0 Å². The minimum atomic E-state index is -3.63. The maximum Gasteiger partial charge on any atom is 0.309 e. The molecule has 4 rings (SSSR count). The topological polar surface area (TPSA) is 75.7 Å². The molecule has 0 aromatic heterocycles. The van der Waals surface area contributed by atoms with Crippen LogP contribution in [0.15, 0.2) is 47.4 Å². The monoisotopic (exact) mass is 462 g/mol. The van der Waals surface area contributed by atoms with Crippen molar-refractivity contribution in [3.8, 4) is 0 Å². The van der Waals surface area contributed by atoms with Gasteiger partial charge in [0.15, 0.2) is 9.84 Å². The van der Waals surface area contributed by atoms with Crippen molar-refractivity contribution in [1.29, 1.82) is 0 Å². The Bertz CT molecular complexity index is 1030. The number of hydrogen-bond acceptors (Lipinski definition) is 7. The van der Waals surface area contributed by atoms with Crippen molar-refractivity contribution < 1.29 is 17.9 Å². The number of nitrogens with one attached hydrogen (secondary N) is 1. The number of thiol groups is 1. The summed E-state index contributed by atoms with van der Waals surface area (Å²) in [4.78, 5) is 14.5. The minimum Gasteiger partial charge on any atom is -0.466 e. The molecule has 31 heavy (non-hydrogen) atoms. The van der Waals surface area contributed by atoms with Crippen molar-refractivity contribution in [3.63, 3.8) is 0 Å². The van der Waals surface area contributed by atoms with Gasteiger partial charge in [-0.25, -0.2) is 8.42 Å². The predicted molar refractivity (Wildman–Crippen MR) is 125 cm³/mol. The Morgan fingerprint density at radius 2 is 1.90 bits per heavy atom. The summed E-state index contributed by atoms with van der Waals surface area (Å²) in [5, 5.41) is 4.76. The number of nitrogens with zero attached hydrogens (tertiary/aromatic N) is 1. The molecule has 2 fully saturated rings. The van der Waals surface area contributed by atoms with E-state index in [0.29, 0.717) is 50.4 Å². The Morgan fingerprint density at radius 3 is 2.55 bits per heavy atom. The molecule has 2 aromatic rings.